The number of esters is 1. The smallest absolute Gasteiger partial charge is 0.309 e. The highest BCUT2D eigenvalue weighted by Gasteiger charge is 2.27. The molecule has 0 saturated carbocycles. The van der Waals surface area contributed by atoms with E-state index < -0.39 is 0 Å². The second-order valence-corrected chi connectivity index (χ2v) is 5.86. The van der Waals surface area contributed by atoms with Crippen LogP contribution in [0.3, 0.4) is 0 Å². The average molecular weight is 314 g/mol. The highest BCUT2D eigenvalue weighted by atomic mass is 35.5. The Morgan fingerprint density at radius 3 is 2.57 bits per heavy atom. The van der Waals surface area contributed by atoms with E-state index in [9.17, 15) is 4.79 Å². The van der Waals surface area contributed by atoms with Crippen LogP contribution < -0.4 is 0 Å². The molecule has 0 aliphatic carbocycles. The van der Waals surface area contributed by atoms with Crippen LogP contribution in [0.2, 0.25) is 5.02 Å². The molecule has 0 amide bonds. The summed E-state index contributed by atoms with van der Waals surface area (Å²) in [5.41, 5.74) is 2.01. The summed E-state index contributed by atoms with van der Waals surface area (Å²) >= 11 is 6.39. The molecule has 0 radical (unpaired) electrons. The first kappa shape index (κ1) is 16.3. The zero-order chi connectivity index (χ0) is 15.4. The molecule has 2 heterocycles. The molecule has 0 atom stereocenters. The minimum Gasteiger partial charge on any atom is -0.466 e. The Balaban J connectivity index is 1.92. The van der Waals surface area contributed by atoms with E-state index in [-0.39, 0.29) is 11.9 Å². The zero-order valence-corrected chi connectivity index (χ0v) is 13.8. The topological polar surface area (TPSA) is 47.4 Å². The molecular weight excluding hydrogens is 290 g/mol. The second kappa shape index (κ2) is 7.27. The van der Waals surface area contributed by atoms with Gasteiger partial charge in [-0.25, -0.2) is 0 Å². The molecule has 0 spiro atoms. The number of nitrogens with zero attached hydrogens (tertiary/aromatic N) is 3. The third-order valence-electron chi connectivity index (χ3n) is 4.08. The Hall–Kier alpha value is -1.07. The fraction of sp³-hybridized carbons (Fsp3) is 0.733. The molecule has 0 N–H and O–H groups in total. The summed E-state index contributed by atoms with van der Waals surface area (Å²) in [5.74, 6) is -0.00148. The summed E-state index contributed by atoms with van der Waals surface area (Å²) in [7, 11) is 1.94. The molecule has 6 heteroatoms. The number of aromatic nitrogens is 2. The molecule has 1 aromatic rings. The molecule has 1 aliphatic heterocycles. The molecule has 0 bridgehead atoms. The quantitative estimate of drug-likeness (QED) is 0.783. The monoisotopic (exact) mass is 313 g/mol. The van der Waals surface area contributed by atoms with Crippen molar-refractivity contribution in [1.29, 1.82) is 0 Å². The Labute approximate surface area is 131 Å². The molecule has 5 nitrogen and oxygen atoms in total. The highest BCUT2D eigenvalue weighted by Crippen LogP contribution is 2.25. The van der Waals surface area contributed by atoms with Crippen molar-refractivity contribution < 1.29 is 9.53 Å². The number of hydrogen-bond acceptors (Lipinski definition) is 4. The maximum absolute atomic E-state index is 11.7. The Bertz CT molecular complexity index is 493. The molecule has 118 valence electrons. The first-order valence-corrected chi connectivity index (χ1v) is 8.03. The standard InChI is InChI=1S/C15H24ClN3O2/c1-4-12-14(16)13(18(3)17-12)10-19-8-6-11(7-9-19)15(20)21-5-2/h11H,4-10H2,1-3H3. The normalized spacial score (nSPS) is 17.1. The third-order valence-corrected chi connectivity index (χ3v) is 4.52. The van der Waals surface area contributed by atoms with Gasteiger partial charge < -0.3 is 4.74 Å². The molecule has 1 saturated heterocycles. The molecule has 2 rings (SSSR count). The summed E-state index contributed by atoms with van der Waals surface area (Å²) in [5, 5.41) is 5.23. The number of halogens is 1. The van der Waals surface area contributed by atoms with Crippen LogP contribution in [-0.4, -0.2) is 40.3 Å². The van der Waals surface area contributed by atoms with E-state index in [1.807, 2.05) is 18.7 Å². The minimum atomic E-state index is -0.0519. The van der Waals surface area contributed by atoms with Crippen molar-refractivity contribution in [2.75, 3.05) is 19.7 Å². The lowest BCUT2D eigenvalue weighted by Gasteiger charge is -2.30. The van der Waals surface area contributed by atoms with Gasteiger partial charge in [-0.1, -0.05) is 18.5 Å². The van der Waals surface area contributed by atoms with E-state index in [1.54, 1.807) is 0 Å². The van der Waals surface area contributed by atoms with Crippen LogP contribution >= 0.6 is 11.6 Å². The predicted molar refractivity (Wildman–Crippen MR) is 82.2 cm³/mol. The van der Waals surface area contributed by atoms with E-state index >= 15 is 0 Å². The van der Waals surface area contributed by atoms with Gasteiger partial charge in [0.2, 0.25) is 0 Å². The van der Waals surface area contributed by atoms with E-state index in [0.717, 1.165) is 55.3 Å². The number of hydrogen-bond donors (Lipinski definition) is 0. The van der Waals surface area contributed by atoms with Gasteiger partial charge in [-0.05, 0) is 39.3 Å². The Morgan fingerprint density at radius 2 is 2.05 bits per heavy atom. The number of piperidine rings is 1. The second-order valence-electron chi connectivity index (χ2n) is 5.49. The van der Waals surface area contributed by atoms with Crippen LogP contribution in [0.5, 0.6) is 0 Å². The van der Waals surface area contributed by atoms with Gasteiger partial charge in [0, 0.05) is 13.6 Å². The number of rotatable bonds is 5. The van der Waals surface area contributed by atoms with Crippen molar-refractivity contribution in [1.82, 2.24) is 14.7 Å². The number of carbonyl (C=O) groups is 1. The largest absolute Gasteiger partial charge is 0.466 e. The fourth-order valence-electron chi connectivity index (χ4n) is 2.79. The van der Waals surface area contributed by atoms with Crippen molar-refractivity contribution in [2.24, 2.45) is 13.0 Å². The average Bonchev–Trinajstić information content (AvgIpc) is 2.75. The van der Waals surface area contributed by atoms with Crippen LogP contribution in [0.25, 0.3) is 0 Å². The highest BCUT2D eigenvalue weighted by molar-refractivity contribution is 6.31. The molecule has 21 heavy (non-hydrogen) atoms. The molecule has 0 aromatic carbocycles. The lowest BCUT2D eigenvalue weighted by atomic mass is 9.97. The Kier molecular flexibility index (Phi) is 5.65. The van der Waals surface area contributed by atoms with E-state index in [1.165, 1.54) is 0 Å². The SMILES string of the molecule is CCOC(=O)C1CCN(Cc2c(Cl)c(CC)nn2C)CC1. The van der Waals surface area contributed by atoms with Gasteiger partial charge in [-0.2, -0.15) is 5.10 Å². The van der Waals surface area contributed by atoms with Crippen molar-refractivity contribution in [3.05, 3.63) is 16.4 Å². The lowest BCUT2D eigenvalue weighted by molar-refractivity contribution is -0.149. The molecular formula is C15H24ClN3O2. The number of likely N-dealkylation sites (tertiary alicyclic amines) is 1. The van der Waals surface area contributed by atoms with Crippen LogP contribution in [0.1, 0.15) is 38.1 Å². The number of carbonyl (C=O) groups excluding carboxylic acids is 1. The molecule has 0 unspecified atom stereocenters. The van der Waals surface area contributed by atoms with Crippen molar-refractivity contribution >= 4 is 17.6 Å². The summed E-state index contributed by atoms with van der Waals surface area (Å²) < 4.78 is 6.97. The summed E-state index contributed by atoms with van der Waals surface area (Å²) in [6.45, 7) is 6.95. The van der Waals surface area contributed by atoms with E-state index in [4.69, 9.17) is 16.3 Å². The van der Waals surface area contributed by atoms with Gasteiger partial charge in [-0.3, -0.25) is 14.4 Å². The Morgan fingerprint density at radius 1 is 1.38 bits per heavy atom. The number of ether oxygens (including phenoxy) is 1. The summed E-state index contributed by atoms with van der Waals surface area (Å²) in [4.78, 5) is 14.1. The first-order chi connectivity index (χ1) is 10.1. The molecule has 1 aromatic heterocycles. The van der Waals surface area contributed by atoms with Crippen LogP contribution in [-0.2, 0) is 29.5 Å². The maximum Gasteiger partial charge on any atom is 0.309 e. The van der Waals surface area contributed by atoms with Crippen molar-refractivity contribution in [2.45, 2.75) is 39.7 Å². The van der Waals surface area contributed by atoms with E-state index in [2.05, 4.69) is 16.9 Å². The maximum atomic E-state index is 11.7. The van der Waals surface area contributed by atoms with Gasteiger partial charge >= 0.3 is 5.97 Å². The summed E-state index contributed by atoms with van der Waals surface area (Å²) in [6.07, 6.45) is 2.56. The van der Waals surface area contributed by atoms with E-state index in [0.29, 0.717) is 6.61 Å². The van der Waals surface area contributed by atoms with Crippen LogP contribution in [0.4, 0.5) is 0 Å². The first-order valence-electron chi connectivity index (χ1n) is 7.66. The van der Waals surface area contributed by atoms with Gasteiger partial charge in [0.1, 0.15) is 0 Å². The van der Waals surface area contributed by atoms with Crippen LogP contribution in [0.15, 0.2) is 0 Å². The molecule has 1 fully saturated rings. The number of aryl methyl sites for hydroxylation is 2. The minimum absolute atomic E-state index is 0.0504. The third kappa shape index (κ3) is 3.77. The zero-order valence-electron chi connectivity index (χ0n) is 13.1. The molecule has 1 aliphatic rings. The fourth-order valence-corrected chi connectivity index (χ4v) is 3.14. The van der Waals surface area contributed by atoms with Crippen molar-refractivity contribution in [3.63, 3.8) is 0 Å². The van der Waals surface area contributed by atoms with Crippen LogP contribution in [0, 0.1) is 5.92 Å². The summed E-state index contributed by atoms with van der Waals surface area (Å²) in [6, 6.07) is 0. The van der Waals surface area contributed by atoms with Gasteiger partial charge in [0.15, 0.2) is 0 Å². The van der Waals surface area contributed by atoms with Gasteiger partial charge in [-0.15, -0.1) is 0 Å². The van der Waals surface area contributed by atoms with Gasteiger partial charge in [0.05, 0.1) is 28.9 Å². The van der Waals surface area contributed by atoms with Crippen molar-refractivity contribution in [3.8, 4) is 0 Å². The lowest BCUT2D eigenvalue weighted by Crippen LogP contribution is -2.37. The van der Waals surface area contributed by atoms with Gasteiger partial charge in [0.25, 0.3) is 0 Å². The predicted octanol–water partition coefficient (Wildman–Crippen LogP) is 2.41.